The molecule has 19 heavy (non-hydrogen) atoms. The summed E-state index contributed by atoms with van der Waals surface area (Å²) in [6, 6.07) is 0. The molecule has 0 spiro atoms. The Balaban J connectivity index is 2.01. The fourth-order valence-electron chi connectivity index (χ4n) is 3.72. The highest BCUT2D eigenvalue weighted by molar-refractivity contribution is 5.15. The van der Waals surface area contributed by atoms with Gasteiger partial charge < -0.3 is 0 Å². The van der Waals surface area contributed by atoms with Crippen molar-refractivity contribution in [3.05, 3.63) is 23.3 Å². The summed E-state index contributed by atoms with van der Waals surface area (Å²) in [5, 5.41) is 0. The van der Waals surface area contributed by atoms with Crippen LogP contribution in [0.15, 0.2) is 23.3 Å². The molecule has 0 saturated carbocycles. The standard InChI is InChI=1S/C19H32/c1-3-5-7-16-9-10-17-11-12-19(13-16)15-18(14-17)8-6-4-2/h9,15,17,19H,3-8,10-14H2,1-2H3/b16-9-/t17-,19-/m1/s1. The second kappa shape index (κ2) is 7.92. The minimum atomic E-state index is 0.861. The molecule has 2 aliphatic rings. The van der Waals surface area contributed by atoms with Gasteiger partial charge in [-0.2, -0.15) is 0 Å². The Morgan fingerprint density at radius 2 is 1.68 bits per heavy atom. The van der Waals surface area contributed by atoms with E-state index in [0.717, 1.165) is 11.8 Å². The Hall–Kier alpha value is -0.520. The lowest BCUT2D eigenvalue weighted by Gasteiger charge is -2.20. The first-order valence-electron chi connectivity index (χ1n) is 8.69. The molecule has 0 radical (unpaired) electrons. The molecule has 0 aliphatic heterocycles. The molecule has 0 N–H and O–H groups in total. The molecule has 0 aromatic carbocycles. The van der Waals surface area contributed by atoms with Crippen LogP contribution in [0, 0.1) is 11.8 Å². The van der Waals surface area contributed by atoms with Gasteiger partial charge in [-0.15, -0.1) is 0 Å². The molecule has 0 heteroatoms. The Labute approximate surface area is 120 Å². The van der Waals surface area contributed by atoms with Crippen molar-refractivity contribution >= 4 is 0 Å². The number of hydrogen-bond acceptors (Lipinski definition) is 0. The molecular formula is C19H32. The van der Waals surface area contributed by atoms with E-state index in [1.54, 1.807) is 11.1 Å². The van der Waals surface area contributed by atoms with Crippen molar-refractivity contribution in [3.63, 3.8) is 0 Å². The highest BCUT2D eigenvalue weighted by Gasteiger charge is 2.22. The van der Waals surface area contributed by atoms with E-state index in [0.29, 0.717) is 0 Å². The van der Waals surface area contributed by atoms with Gasteiger partial charge >= 0.3 is 0 Å². The van der Waals surface area contributed by atoms with E-state index in [-0.39, 0.29) is 0 Å². The molecule has 0 heterocycles. The van der Waals surface area contributed by atoms with Crippen LogP contribution in [-0.4, -0.2) is 0 Å². The molecule has 0 aromatic heterocycles. The third-order valence-corrected chi connectivity index (χ3v) is 4.94. The van der Waals surface area contributed by atoms with Crippen LogP contribution in [0.1, 0.15) is 84.5 Å². The Kier molecular flexibility index (Phi) is 6.20. The van der Waals surface area contributed by atoms with Crippen molar-refractivity contribution in [2.75, 3.05) is 0 Å². The van der Waals surface area contributed by atoms with Crippen LogP contribution < -0.4 is 0 Å². The largest absolute Gasteiger partial charge is 0.0850 e. The number of unbranched alkanes of at least 4 members (excludes halogenated alkanes) is 2. The monoisotopic (exact) mass is 260 g/mol. The normalized spacial score (nSPS) is 30.0. The molecule has 0 unspecified atom stereocenters. The summed E-state index contributed by atoms with van der Waals surface area (Å²) in [4.78, 5) is 0. The summed E-state index contributed by atoms with van der Waals surface area (Å²) >= 11 is 0. The summed E-state index contributed by atoms with van der Waals surface area (Å²) in [6.45, 7) is 4.62. The highest BCUT2D eigenvalue weighted by atomic mass is 14.3. The van der Waals surface area contributed by atoms with E-state index < -0.39 is 0 Å². The van der Waals surface area contributed by atoms with Crippen LogP contribution in [0.25, 0.3) is 0 Å². The van der Waals surface area contributed by atoms with Gasteiger partial charge in [0.2, 0.25) is 0 Å². The Morgan fingerprint density at radius 1 is 0.947 bits per heavy atom. The second-order valence-electron chi connectivity index (χ2n) is 6.74. The summed E-state index contributed by atoms with van der Waals surface area (Å²) in [5.74, 6) is 1.81. The van der Waals surface area contributed by atoms with E-state index in [1.807, 2.05) is 0 Å². The minimum absolute atomic E-state index is 0.861. The fraction of sp³-hybridized carbons (Fsp3) is 0.789. The predicted octanol–water partition coefficient (Wildman–Crippen LogP) is 6.43. The van der Waals surface area contributed by atoms with Gasteiger partial charge in [-0.05, 0) is 69.6 Å². The number of rotatable bonds is 6. The topological polar surface area (TPSA) is 0 Å². The Bertz CT molecular complexity index is 321. The lowest BCUT2D eigenvalue weighted by molar-refractivity contribution is 0.427. The first kappa shape index (κ1) is 14.9. The van der Waals surface area contributed by atoms with Gasteiger partial charge in [0.1, 0.15) is 0 Å². The molecular weight excluding hydrogens is 228 g/mol. The van der Waals surface area contributed by atoms with Crippen LogP contribution >= 0.6 is 0 Å². The van der Waals surface area contributed by atoms with Crippen molar-refractivity contribution in [1.82, 2.24) is 0 Å². The van der Waals surface area contributed by atoms with Gasteiger partial charge in [0, 0.05) is 0 Å². The molecule has 2 rings (SSSR count). The lowest BCUT2D eigenvalue weighted by Crippen LogP contribution is -2.05. The van der Waals surface area contributed by atoms with E-state index in [2.05, 4.69) is 26.0 Å². The van der Waals surface area contributed by atoms with Crippen LogP contribution in [0.5, 0.6) is 0 Å². The minimum Gasteiger partial charge on any atom is -0.0850 e. The summed E-state index contributed by atoms with van der Waals surface area (Å²) < 4.78 is 0. The van der Waals surface area contributed by atoms with E-state index >= 15 is 0 Å². The molecule has 0 fully saturated rings. The van der Waals surface area contributed by atoms with Gasteiger partial charge in [0.25, 0.3) is 0 Å². The molecule has 0 saturated heterocycles. The number of fused-ring (bicyclic) bond motifs is 3. The third-order valence-electron chi connectivity index (χ3n) is 4.94. The van der Waals surface area contributed by atoms with Crippen molar-refractivity contribution in [3.8, 4) is 0 Å². The van der Waals surface area contributed by atoms with Crippen molar-refractivity contribution in [2.24, 2.45) is 11.8 Å². The maximum absolute atomic E-state index is 2.68. The van der Waals surface area contributed by atoms with Crippen LogP contribution in [0.2, 0.25) is 0 Å². The van der Waals surface area contributed by atoms with Crippen LogP contribution in [-0.2, 0) is 0 Å². The first-order chi connectivity index (χ1) is 9.31. The molecule has 108 valence electrons. The zero-order valence-corrected chi connectivity index (χ0v) is 13.1. The van der Waals surface area contributed by atoms with Crippen LogP contribution in [0.4, 0.5) is 0 Å². The van der Waals surface area contributed by atoms with Crippen molar-refractivity contribution in [1.29, 1.82) is 0 Å². The SMILES string of the molecule is CCCCC1=C[C@@H]2CC[C@@H](C/C=C(/CCCC)C2)C1. The van der Waals surface area contributed by atoms with Gasteiger partial charge in [-0.3, -0.25) is 0 Å². The molecule has 2 bridgehead atoms. The van der Waals surface area contributed by atoms with Crippen molar-refractivity contribution < 1.29 is 0 Å². The molecule has 0 aromatic rings. The van der Waals surface area contributed by atoms with E-state index in [1.165, 1.54) is 70.6 Å². The average Bonchev–Trinajstić information content (AvgIpc) is 2.54. The average molecular weight is 260 g/mol. The summed E-state index contributed by atoms with van der Waals surface area (Å²) in [7, 11) is 0. The van der Waals surface area contributed by atoms with Gasteiger partial charge in [0.05, 0.1) is 0 Å². The molecule has 0 nitrogen and oxygen atoms in total. The predicted molar refractivity (Wildman–Crippen MR) is 85.3 cm³/mol. The Morgan fingerprint density at radius 3 is 2.42 bits per heavy atom. The zero-order valence-electron chi connectivity index (χ0n) is 13.1. The maximum atomic E-state index is 2.68. The third kappa shape index (κ3) is 4.82. The van der Waals surface area contributed by atoms with Crippen LogP contribution in [0.3, 0.4) is 0 Å². The smallest absolute Gasteiger partial charge is 0.0193 e. The molecule has 2 aliphatic carbocycles. The van der Waals surface area contributed by atoms with Gasteiger partial charge in [-0.25, -0.2) is 0 Å². The summed E-state index contributed by atoms with van der Waals surface area (Å²) in [6.07, 6.45) is 20.5. The van der Waals surface area contributed by atoms with Gasteiger partial charge in [-0.1, -0.05) is 50.0 Å². The lowest BCUT2D eigenvalue weighted by atomic mass is 9.85. The van der Waals surface area contributed by atoms with E-state index in [9.17, 15) is 0 Å². The quantitative estimate of drug-likeness (QED) is 0.483. The molecule has 2 atom stereocenters. The van der Waals surface area contributed by atoms with E-state index in [4.69, 9.17) is 0 Å². The number of allylic oxidation sites excluding steroid dienone is 4. The fourth-order valence-corrected chi connectivity index (χ4v) is 3.72. The maximum Gasteiger partial charge on any atom is -0.0193 e. The number of hydrogen-bond donors (Lipinski definition) is 0. The van der Waals surface area contributed by atoms with Gasteiger partial charge in [0.15, 0.2) is 0 Å². The highest BCUT2D eigenvalue weighted by Crippen LogP contribution is 2.37. The first-order valence-corrected chi connectivity index (χ1v) is 8.69. The van der Waals surface area contributed by atoms with Crippen molar-refractivity contribution in [2.45, 2.75) is 84.5 Å². The second-order valence-corrected chi connectivity index (χ2v) is 6.74. The summed E-state index contributed by atoms with van der Waals surface area (Å²) in [5.41, 5.74) is 3.56. The zero-order chi connectivity index (χ0) is 13.5. The molecule has 0 amide bonds.